The van der Waals surface area contributed by atoms with Crippen molar-refractivity contribution in [3.05, 3.63) is 24.3 Å². The molecule has 0 radical (unpaired) electrons. The fraction of sp³-hybridized carbons (Fsp3) is 0.125. The molecule has 0 bridgehead atoms. The van der Waals surface area contributed by atoms with Crippen LogP contribution in [0.1, 0.15) is 0 Å². The third-order valence-corrected chi connectivity index (χ3v) is 1.70. The molecule has 0 saturated heterocycles. The van der Waals surface area contributed by atoms with E-state index in [4.69, 9.17) is 0 Å². The van der Waals surface area contributed by atoms with Gasteiger partial charge in [0, 0.05) is 0 Å². The maximum Gasteiger partial charge on any atom is 1.00 e. The minimum atomic E-state index is -1.17. The van der Waals surface area contributed by atoms with Gasteiger partial charge in [-0.1, -0.05) is 17.3 Å². The molecule has 6 heteroatoms. The molecule has 2 aromatic rings. The number of carboxylic acids is 1. The van der Waals surface area contributed by atoms with Crippen LogP contribution in [0.2, 0.25) is 0 Å². The van der Waals surface area contributed by atoms with E-state index < -0.39 is 5.97 Å². The number of fused-ring (bicyclic) bond motifs is 1. The molecule has 66 valence electrons. The summed E-state index contributed by atoms with van der Waals surface area (Å²) < 4.78 is 1.30. The predicted octanol–water partition coefficient (Wildman–Crippen LogP) is -3.81. The molecule has 0 N–H and O–H groups in total. The smallest absolute Gasteiger partial charge is 0.548 e. The molecule has 0 fully saturated rings. The van der Waals surface area contributed by atoms with Crippen LogP contribution in [-0.2, 0) is 11.3 Å². The summed E-state index contributed by atoms with van der Waals surface area (Å²) in [5, 5.41) is 17.8. The van der Waals surface area contributed by atoms with Gasteiger partial charge in [0.15, 0.2) is 0 Å². The largest absolute Gasteiger partial charge is 1.00 e. The number of carboxylic acid groups (broad SMARTS) is 1. The van der Waals surface area contributed by atoms with Crippen molar-refractivity contribution in [1.82, 2.24) is 15.0 Å². The van der Waals surface area contributed by atoms with E-state index in [1.54, 1.807) is 18.2 Å². The van der Waals surface area contributed by atoms with Crippen molar-refractivity contribution in [2.45, 2.75) is 6.54 Å². The molecular weight excluding hydrogens is 209 g/mol. The topological polar surface area (TPSA) is 70.8 Å². The summed E-state index contributed by atoms with van der Waals surface area (Å²) in [7, 11) is 0. The van der Waals surface area contributed by atoms with Crippen LogP contribution in [0.4, 0.5) is 0 Å². The number of rotatable bonds is 2. The van der Waals surface area contributed by atoms with Crippen LogP contribution in [0.3, 0.4) is 0 Å². The molecule has 0 aliphatic heterocycles. The van der Waals surface area contributed by atoms with Gasteiger partial charge < -0.3 is 9.90 Å². The summed E-state index contributed by atoms with van der Waals surface area (Å²) in [5.41, 5.74) is 1.38. The maximum absolute atomic E-state index is 10.3. The summed E-state index contributed by atoms with van der Waals surface area (Å²) in [6.07, 6.45) is 0. The molecule has 14 heavy (non-hydrogen) atoms. The average Bonchev–Trinajstić information content (AvgIpc) is 2.48. The molecule has 5 nitrogen and oxygen atoms in total. The molecule has 0 amide bonds. The average molecular weight is 215 g/mol. The number of para-hydroxylation sites is 1. The second-order valence-electron chi connectivity index (χ2n) is 2.61. The second-order valence-corrected chi connectivity index (χ2v) is 2.61. The van der Waals surface area contributed by atoms with E-state index in [-0.39, 0.29) is 57.9 Å². The van der Waals surface area contributed by atoms with Crippen LogP contribution in [0.25, 0.3) is 11.0 Å². The Bertz CT molecular complexity index is 455. The van der Waals surface area contributed by atoms with Gasteiger partial charge in [0.1, 0.15) is 5.52 Å². The number of hydrogen-bond acceptors (Lipinski definition) is 4. The number of carbonyl (C=O) groups is 1. The van der Waals surface area contributed by atoms with E-state index in [2.05, 4.69) is 10.3 Å². The molecule has 0 spiro atoms. The normalized spacial score (nSPS) is 9.71. The third-order valence-electron chi connectivity index (χ3n) is 1.70. The minimum absolute atomic E-state index is 0. The summed E-state index contributed by atoms with van der Waals surface area (Å²) in [5.74, 6) is -1.17. The van der Waals surface area contributed by atoms with E-state index in [1.165, 1.54) is 4.68 Å². The molecule has 0 aliphatic rings. The maximum atomic E-state index is 10.3. The molecular formula is C8H6KN3O2. The Hall–Kier alpha value is -0.274. The zero-order valence-electron chi connectivity index (χ0n) is 7.67. The number of aromatic nitrogens is 3. The van der Waals surface area contributed by atoms with Crippen molar-refractivity contribution in [3.8, 4) is 0 Å². The van der Waals surface area contributed by atoms with Crippen LogP contribution < -0.4 is 56.5 Å². The Morgan fingerprint density at radius 3 is 2.86 bits per heavy atom. The Kier molecular flexibility index (Phi) is 4.21. The first-order valence-corrected chi connectivity index (χ1v) is 3.75. The number of aliphatic carboxylic acids is 1. The zero-order chi connectivity index (χ0) is 9.26. The van der Waals surface area contributed by atoms with Gasteiger partial charge in [0.05, 0.1) is 18.0 Å². The molecule has 0 atom stereocenters. The minimum Gasteiger partial charge on any atom is -0.548 e. The van der Waals surface area contributed by atoms with E-state index in [1.807, 2.05) is 6.07 Å². The van der Waals surface area contributed by atoms with Gasteiger partial charge in [0.25, 0.3) is 0 Å². The number of hydrogen-bond donors (Lipinski definition) is 0. The van der Waals surface area contributed by atoms with Crippen LogP contribution in [0, 0.1) is 0 Å². The van der Waals surface area contributed by atoms with E-state index in [9.17, 15) is 9.90 Å². The first-order chi connectivity index (χ1) is 6.27. The Morgan fingerprint density at radius 2 is 2.14 bits per heavy atom. The number of carbonyl (C=O) groups excluding carboxylic acids is 1. The van der Waals surface area contributed by atoms with Gasteiger partial charge in [-0.15, -0.1) is 5.10 Å². The van der Waals surface area contributed by atoms with Crippen molar-refractivity contribution in [2.75, 3.05) is 0 Å². The molecule has 1 aromatic carbocycles. The van der Waals surface area contributed by atoms with Crippen LogP contribution in [-0.4, -0.2) is 21.0 Å². The molecule has 0 aliphatic carbocycles. The first-order valence-electron chi connectivity index (χ1n) is 3.75. The summed E-state index contributed by atoms with van der Waals surface area (Å²) in [6.45, 7) is -0.263. The second kappa shape index (κ2) is 4.99. The Balaban J connectivity index is 0.000000980. The van der Waals surface area contributed by atoms with Crippen molar-refractivity contribution in [2.24, 2.45) is 0 Å². The number of benzene rings is 1. The third kappa shape index (κ3) is 2.40. The van der Waals surface area contributed by atoms with E-state index >= 15 is 0 Å². The quantitative estimate of drug-likeness (QED) is 0.481. The van der Waals surface area contributed by atoms with Crippen LogP contribution >= 0.6 is 0 Å². The van der Waals surface area contributed by atoms with Crippen molar-refractivity contribution < 1.29 is 61.3 Å². The van der Waals surface area contributed by atoms with Gasteiger partial charge in [-0.05, 0) is 12.1 Å². The molecule has 0 saturated carbocycles. The zero-order valence-corrected chi connectivity index (χ0v) is 10.8. The molecule has 2 rings (SSSR count). The molecule has 0 unspecified atom stereocenters. The van der Waals surface area contributed by atoms with Crippen LogP contribution in [0.15, 0.2) is 24.3 Å². The monoisotopic (exact) mass is 215 g/mol. The molecule has 1 heterocycles. The number of nitrogens with zero attached hydrogens (tertiary/aromatic N) is 3. The Labute approximate surface area is 123 Å². The summed E-state index contributed by atoms with van der Waals surface area (Å²) in [6, 6.07) is 7.16. The molecule has 1 aromatic heterocycles. The summed E-state index contributed by atoms with van der Waals surface area (Å²) >= 11 is 0. The van der Waals surface area contributed by atoms with Crippen LogP contribution in [0.5, 0.6) is 0 Å². The van der Waals surface area contributed by atoms with Gasteiger partial charge in [-0.3, -0.25) is 0 Å². The Morgan fingerprint density at radius 1 is 1.43 bits per heavy atom. The fourth-order valence-corrected chi connectivity index (χ4v) is 1.16. The fourth-order valence-electron chi connectivity index (χ4n) is 1.16. The predicted molar refractivity (Wildman–Crippen MR) is 42.5 cm³/mol. The summed E-state index contributed by atoms with van der Waals surface area (Å²) in [4.78, 5) is 10.3. The first kappa shape index (κ1) is 11.8. The van der Waals surface area contributed by atoms with Crippen molar-refractivity contribution >= 4 is 17.0 Å². The van der Waals surface area contributed by atoms with E-state index in [0.29, 0.717) is 11.0 Å². The van der Waals surface area contributed by atoms with Gasteiger partial charge in [-0.25, -0.2) is 4.68 Å². The van der Waals surface area contributed by atoms with Crippen molar-refractivity contribution in [1.29, 1.82) is 0 Å². The van der Waals surface area contributed by atoms with Crippen molar-refractivity contribution in [3.63, 3.8) is 0 Å². The SMILES string of the molecule is O=C([O-])Cn1nnc2ccccc21.[K+]. The van der Waals surface area contributed by atoms with Gasteiger partial charge in [0.2, 0.25) is 0 Å². The van der Waals surface area contributed by atoms with Gasteiger partial charge >= 0.3 is 51.4 Å². The standard InChI is InChI=1S/C8H7N3O2.K/c12-8(13)5-11-7-4-2-1-3-6(7)9-10-11;/h1-4H,5H2,(H,12,13);/q;+1/p-1. The van der Waals surface area contributed by atoms with E-state index in [0.717, 1.165) is 0 Å². The van der Waals surface area contributed by atoms with Gasteiger partial charge in [-0.2, -0.15) is 0 Å².